The van der Waals surface area contributed by atoms with Crippen molar-refractivity contribution >= 4 is 5.97 Å². The van der Waals surface area contributed by atoms with E-state index < -0.39 is 5.97 Å². The van der Waals surface area contributed by atoms with Gasteiger partial charge in [0.05, 0.1) is 0 Å². The first kappa shape index (κ1) is 12.1. The lowest BCUT2D eigenvalue weighted by Gasteiger charge is -1.77. The molecule has 0 saturated heterocycles. The number of nitriles is 1. The van der Waals surface area contributed by atoms with Crippen molar-refractivity contribution in [2.45, 2.75) is 13.8 Å². The van der Waals surface area contributed by atoms with Crippen molar-refractivity contribution in [1.82, 2.24) is 0 Å². The first-order valence-electron chi connectivity index (χ1n) is 3.02. The number of carbonyl (C=O) groups excluding carboxylic acids is 1. The summed E-state index contributed by atoms with van der Waals surface area (Å²) in [6, 6.07) is 0. The lowest BCUT2D eigenvalue weighted by molar-refractivity contribution is -0.131. The van der Waals surface area contributed by atoms with Crippen molar-refractivity contribution < 1.29 is 9.53 Å². The van der Waals surface area contributed by atoms with Gasteiger partial charge in [-0.25, -0.2) is 4.79 Å². The largest absolute Gasteiger partial charge is 0.347 e. The van der Waals surface area contributed by atoms with E-state index in [1.807, 2.05) is 26.0 Å². The van der Waals surface area contributed by atoms with Gasteiger partial charge in [-0.2, -0.15) is 0 Å². The second-order valence-electron chi connectivity index (χ2n) is 1.38. The lowest BCUT2D eigenvalue weighted by Crippen LogP contribution is -1.91. The molecule has 0 aromatic heterocycles. The number of hydrogen-bond acceptors (Lipinski definition) is 3. The van der Waals surface area contributed by atoms with Crippen LogP contribution in [0.15, 0.2) is 24.8 Å². The molecule has 0 rings (SSSR count). The minimum atomic E-state index is -0.720. The van der Waals surface area contributed by atoms with Crippen LogP contribution in [0.1, 0.15) is 13.8 Å². The maximum Gasteiger partial charge on any atom is 0.345 e. The van der Waals surface area contributed by atoms with Gasteiger partial charge >= 0.3 is 5.97 Å². The highest BCUT2D eigenvalue weighted by atomic mass is 16.5. The number of ether oxygens (including phenoxy) is 1. The monoisotopic (exact) mass is 153 g/mol. The molecule has 0 amide bonds. The Bertz CT molecular complexity index is 173. The molecule has 0 N–H and O–H groups in total. The number of esters is 1. The predicted octanol–water partition coefficient (Wildman–Crippen LogP) is 1.78. The van der Waals surface area contributed by atoms with Crippen LogP contribution in [0.5, 0.6) is 0 Å². The average Bonchev–Trinajstić information content (AvgIpc) is 2.05. The van der Waals surface area contributed by atoms with Gasteiger partial charge in [0.25, 0.3) is 6.26 Å². The highest BCUT2D eigenvalue weighted by Gasteiger charge is 1.87. The Hall–Kier alpha value is -1.56. The fourth-order valence-corrected chi connectivity index (χ4v) is 0.0867. The zero-order valence-electron chi connectivity index (χ0n) is 6.70. The normalized spacial score (nSPS) is 7.36. The maximum atomic E-state index is 9.85. The van der Waals surface area contributed by atoms with Crippen molar-refractivity contribution in [1.29, 1.82) is 5.26 Å². The third-order valence-corrected chi connectivity index (χ3v) is 0.646. The van der Waals surface area contributed by atoms with Crippen molar-refractivity contribution in [2.24, 2.45) is 0 Å². The number of nitrogens with zero attached hydrogens (tertiary/aromatic N) is 1. The second-order valence-corrected chi connectivity index (χ2v) is 1.38. The van der Waals surface area contributed by atoms with Gasteiger partial charge in [-0.1, -0.05) is 18.7 Å². The van der Waals surface area contributed by atoms with Crippen LogP contribution < -0.4 is 0 Å². The van der Waals surface area contributed by atoms with E-state index in [9.17, 15) is 4.79 Å². The smallest absolute Gasteiger partial charge is 0.345 e. The van der Waals surface area contributed by atoms with Gasteiger partial charge in [-0.05, 0) is 13.8 Å². The molecule has 0 fully saturated rings. The number of carbonyl (C=O) groups is 1. The number of hydrogen-bond donors (Lipinski definition) is 0. The predicted molar refractivity (Wildman–Crippen MR) is 42.4 cm³/mol. The van der Waals surface area contributed by atoms with Crippen LogP contribution in [0.3, 0.4) is 0 Å². The van der Waals surface area contributed by atoms with Gasteiger partial charge < -0.3 is 4.74 Å². The van der Waals surface area contributed by atoms with Crippen LogP contribution in [0.25, 0.3) is 0 Å². The molecule has 0 atom stereocenters. The molecule has 0 bridgehead atoms. The summed E-state index contributed by atoms with van der Waals surface area (Å²) in [6.07, 6.45) is 6.12. The van der Waals surface area contributed by atoms with E-state index in [0.717, 1.165) is 6.08 Å². The molecule has 0 radical (unpaired) electrons. The van der Waals surface area contributed by atoms with E-state index in [4.69, 9.17) is 5.26 Å². The fourth-order valence-electron chi connectivity index (χ4n) is 0.0867. The summed E-state index contributed by atoms with van der Waals surface area (Å²) in [5, 5.41) is 7.63. The van der Waals surface area contributed by atoms with Gasteiger partial charge in [0.2, 0.25) is 0 Å². The summed E-state index contributed by atoms with van der Waals surface area (Å²) in [4.78, 5) is 9.85. The van der Waals surface area contributed by atoms with Gasteiger partial charge in [0.15, 0.2) is 0 Å². The molecule has 0 aromatic carbocycles. The van der Waals surface area contributed by atoms with E-state index in [1.165, 1.54) is 6.26 Å². The molecule has 0 aliphatic heterocycles. The summed E-state index contributed by atoms with van der Waals surface area (Å²) in [5.41, 5.74) is 0. The summed E-state index contributed by atoms with van der Waals surface area (Å²) in [5.74, 6) is -0.720. The SMILES string of the molecule is C=CC(=O)OC#N.CC=CC. The standard InChI is InChI=1S/C4H3NO2.C4H8/c1-2-4(6)7-3-5;1-3-4-2/h2H,1H2;3-4H,1-2H3. The number of allylic oxidation sites excluding steroid dienone is 2. The zero-order chi connectivity index (χ0) is 9.11. The molecule has 0 aliphatic carbocycles. The molecule has 0 unspecified atom stereocenters. The van der Waals surface area contributed by atoms with Crippen LogP contribution in [-0.2, 0) is 9.53 Å². The minimum Gasteiger partial charge on any atom is -0.347 e. The van der Waals surface area contributed by atoms with Crippen molar-refractivity contribution in [3.05, 3.63) is 24.8 Å². The van der Waals surface area contributed by atoms with Crippen molar-refractivity contribution in [3.8, 4) is 6.26 Å². The zero-order valence-corrected chi connectivity index (χ0v) is 6.70. The van der Waals surface area contributed by atoms with Crippen molar-refractivity contribution in [2.75, 3.05) is 0 Å². The quantitative estimate of drug-likeness (QED) is 0.250. The molecular weight excluding hydrogens is 142 g/mol. The lowest BCUT2D eigenvalue weighted by atomic mass is 10.6. The summed E-state index contributed by atoms with van der Waals surface area (Å²) >= 11 is 0. The Morgan fingerprint density at radius 2 is 2.00 bits per heavy atom. The molecule has 11 heavy (non-hydrogen) atoms. The van der Waals surface area contributed by atoms with E-state index in [2.05, 4.69) is 11.3 Å². The van der Waals surface area contributed by atoms with E-state index in [0.29, 0.717) is 0 Å². The molecule has 0 aliphatic rings. The van der Waals surface area contributed by atoms with Crippen LogP contribution in [0.2, 0.25) is 0 Å². The highest BCUT2D eigenvalue weighted by molar-refractivity contribution is 5.81. The number of rotatable bonds is 1. The first-order valence-corrected chi connectivity index (χ1v) is 3.02. The Labute approximate surface area is 66.6 Å². The van der Waals surface area contributed by atoms with E-state index in [-0.39, 0.29) is 0 Å². The summed E-state index contributed by atoms with van der Waals surface area (Å²) in [6.45, 7) is 7.05. The maximum absolute atomic E-state index is 9.85. The minimum absolute atomic E-state index is 0.720. The third-order valence-electron chi connectivity index (χ3n) is 0.646. The Morgan fingerprint density at radius 3 is 2.09 bits per heavy atom. The summed E-state index contributed by atoms with van der Waals surface area (Å²) in [7, 11) is 0. The van der Waals surface area contributed by atoms with E-state index >= 15 is 0 Å². The molecule has 0 aromatic rings. The van der Waals surface area contributed by atoms with Crippen LogP contribution in [0.4, 0.5) is 0 Å². The molecule has 3 nitrogen and oxygen atoms in total. The van der Waals surface area contributed by atoms with Gasteiger partial charge in [-0.15, -0.1) is 5.26 Å². The fraction of sp³-hybridized carbons (Fsp3) is 0.250. The molecular formula is C8H11NO2. The Kier molecular flexibility index (Phi) is 12.4. The Morgan fingerprint density at radius 1 is 1.55 bits per heavy atom. The molecule has 0 spiro atoms. The molecule has 0 saturated carbocycles. The Balaban J connectivity index is 0. The van der Waals surface area contributed by atoms with Gasteiger partial charge in [0.1, 0.15) is 0 Å². The summed E-state index contributed by atoms with van der Waals surface area (Å²) < 4.78 is 3.74. The first-order chi connectivity index (χ1) is 5.22. The van der Waals surface area contributed by atoms with Crippen LogP contribution in [-0.4, -0.2) is 5.97 Å². The van der Waals surface area contributed by atoms with Gasteiger partial charge in [-0.3, -0.25) is 0 Å². The molecule has 0 heterocycles. The third kappa shape index (κ3) is 17.8. The highest BCUT2D eigenvalue weighted by Crippen LogP contribution is 1.71. The van der Waals surface area contributed by atoms with Crippen molar-refractivity contribution in [3.63, 3.8) is 0 Å². The average molecular weight is 153 g/mol. The van der Waals surface area contributed by atoms with E-state index in [1.54, 1.807) is 0 Å². The molecule has 60 valence electrons. The van der Waals surface area contributed by atoms with Crippen LogP contribution >= 0.6 is 0 Å². The second kappa shape index (κ2) is 11.3. The van der Waals surface area contributed by atoms with Gasteiger partial charge in [0, 0.05) is 6.08 Å². The molecule has 3 heteroatoms. The topological polar surface area (TPSA) is 50.1 Å². The van der Waals surface area contributed by atoms with Crippen LogP contribution in [0, 0.1) is 11.5 Å².